The zero-order valence-corrected chi connectivity index (χ0v) is 20.9. The molecule has 4 heterocycles. The lowest BCUT2D eigenvalue weighted by molar-refractivity contribution is -0.210. The van der Waals surface area contributed by atoms with E-state index in [-0.39, 0.29) is 18.6 Å². The summed E-state index contributed by atoms with van der Waals surface area (Å²) in [4.78, 5) is 22.8. The number of anilines is 2. The topological polar surface area (TPSA) is 112 Å². The molecule has 5 aliphatic rings. The molecule has 4 aliphatic carbocycles. The Morgan fingerprint density at radius 3 is 2.74 bits per heavy atom. The fraction of sp³-hybridized carbons (Fsp3) is 0.600. The molecule has 14 heteroatoms. The number of alkyl carbamates (subject to hydrolysis) is 1. The lowest BCUT2D eigenvalue weighted by Crippen LogP contribution is -2.68. The predicted molar refractivity (Wildman–Crippen MR) is 130 cm³/mol. The number of amides is 1. The van der Waals surface area contributed by atoms with Crippen LogP contribution in [0.5, 0.6) is 0 Å². The van der Waals surface area contributed by atoms with Crippen LogP contribution in [0.1, 0.15) is 49.4 Å². The molecule has 10 nitrogen and oxygen atoms in total. The van der Waals surface area contributed by atoms with Gasteiger partial charge in [0.15, 0.2) is 5.82 Å². The van der Waals surface area contributed by atoms with Crippen LogP contribution in [-0.2, 0) is 11.3 Å². The van der Waals surface area contributed by atoms with Gasteiger partial charge in [-0.25, -0.2) is 19.2 Å². The van der Waals surface area contributed by atoms with E-state index < -0.39 is 36.4 Å². The van der Waals surface area contributed by atoms with Crippen LogP contribution in [0.4, 0.5) is 34.1 Å². The van der Waals surface area contributed by atoms with E-state index >= 15 is 4.39 Å². The molecule has 3 aromatic heterocycles. The van der Waals surface area contributed by atoms with Crippen molar-refractivity contribution in [1.29, 1.82) is 0 Å². The third kappa shape index (κ3) is 4.47. The van der Waals surface area contributed by atoms with Gasteiger partial charge in [-0.15, -0.1) is 0 Å². The first kappa shape index (κ1) is 24.6. The quantitative estimate of drug-likeness (QED) is 0.382. The highest BCUT2D eigenvalue weighted by Crippen LogP contribution is 2.57. The third-order valence-electron chi connectivity index (χ3n) is 8.64. The minimum atomic E-state index is -4.17. The molecule has 39 heavy (non-hydrogen) atoms. The molecule has 1 amide bonds. The number of nitrogens with zero attached hydrogens (tertiary/aromatic N) is 5. The van der Waals surface area contributed by atoms with Crippen molar-refractivity contribution in [2.24, 2.45) is 11.8 Å². The number of carbonyl (C=O) groups excluding carboxylic acids is 1. The second-order valence-corrected chi connectivity index (χ2v) is 11.5. The average Bonchev–Trinajstić information content (AvgIpc) is 3.51. The zero-order chi connectivity index (χ0) is 26.9. The van der Waals surface area contributed by atoms with Crippen LogP contribution in [0.3, 0.4) is 0 Å². The summed E-state index contributed by atoms with van der Waals surface area (Å²) < 4.78 is 60.7. The number of rotatable bonds is 7. The summed E-state index contributed by atoms with van der Waals surface area (Å²) in [5.74, 6) is -0.217. The molecule has 0 aromatic carbocycles. The molecule has 0 radical (unpaired) electrons. The molecule has 2 bridgehead atoms. The van der Waals surface area contributed by atoms with Gasteiger partial charge in [0.25, 0.3) is 0 Å². The summed E-state index contributed by atoms with van der Waals surface area (Å²) in [5.41, 5.74) is 1.69. The Hall–Kier alpha value is -3.42. The summed E-state index contributed by atoms with van der Waals surface area (Å²) in [6, 6.07) is 3.41. The first-order valence-corrected chi connectivity index (χ1v) is 13.2. The Kier molecular flexibility index (Phi) is 5.55. The molecule has 8 rings (SSSR count). The highest BCUT2D eigenvalue weighted by atomic mass is 19.4. The molecule has 5 fully saturated rings. The van der Waals surface area contributed by atoms with Crippen LogP contribution in [0, 0.1) is 11.8 Å². The molecular weight excluding hydrogens is 520 g/mol. The minimum absolute atomic E-state index is 0.0364. The number of nitrogens with one attached hydrogen (secondary N) is 3. The molecule has 4 saturated carbocycles. The molecule has 1 aliphatic heterocycles. The van der Waals surface area contributed by atoms with Crippen LogP contribution in [0.15, 0.2) is 24.5 Å². The molecule has 208 valence electrons. The fourth-order valence-corrected chi connectivity index (χ4v) is 6.37. The number of fused-ring (bicyclic) bond motifs is 1. The maximum atomic E-state index is 15.2. The first-order valence-electron chi connectivity index (χ1n) is 13.2. The number of carbonyl (C=O) groups is 1. The van der Waals surface area contributed by atoms with E-state index in [9.17, 15) is 18.0 Å². The van der Waals surface area contributed by atoms with Crippen molar-refractivity contribution >= 4 is 23.5 Å². The highest BCUT2D eigenvalue weighted by molar-refractivity contribution is 5.69. The van der Waals surface area contributed by atoms with Crippen molar-refractivity contribution in [3.05, 3.63) is 35.9 Å². The number of ether oxygens (including phenoxy) is 1. The van der Waals surface area contributed by atoms with Gasteiger partial charge in [-0.1, -0.05) is 0 Å². The largest absolute Gasteiger partial charge is 0.443 e. The van der Waals surface area contributed by atoms with Gasteiger partial charge in [-0.2, -0.15) is 18.3 Å². The molecule has 0 unspecified atom stereocenters. The van der Waals surface area contributed by atoms with Crippen molar-refractivity contribution in [3.8, 4) is 0 Å². The number of hydrogen-bond acceptors (Lipinski definition) is 7. The summed E-state index contributed by atoms with van der Waals surface area (Å²) in [7, 11) is 0. The lowest BCUT2D eigenvalue weighted by atomic mass is 9.50. The number of hydrogen-bond donors (Lipinski definition) is 3. The van der Waals surface area contributed by atoms with E-state index in [1.165, 1.54) is 0 Å². The van der Waals surface area contributed by atoms with E-state index in [2.05, 4.69) is 30.8 Å². The van der Waals surface area contributed by atoms with Gasteiger partial charge in [0.05, 0.1) is 11.6 Å². The van der Waals surface area contributed by atoms with Gasteiger partial charge in [0, 0.05) is 55.2 Å². The smallest absolute Gasteiger partial charge is 0.407 e. The molecule has 3 atom stereocenters. The van der Waals surface area contributed by atoms with E-state index in [1.807, 2.05) is 0 Å². The van der Waals surface area contributed by atoms with Gasteiger partial charge in [-0.05, 0) is 44.1 Å². The van der Waals surface area contributed by atoms with Crippen molar-refractivity contribution in [3.63, 3.8) is 0 Å². The predicted octanol–water partition coefficient (Wildman–Crippen LogP) is 4.05. The maximum Gasteiger partial charge on any atom is 0.407 e. The number of alkyl halides is 4. The molecular formula is C25H28F4N8O2. The normalized spacial score (nSPS) is 30.5. The van der Waals surface area contributed by atoms with E-state index in [4.69, 9.17) is 4.74 Å². The first-order chi connectivity index (χ1) is 18.6. The third-order valence-corrected chi connectivity index (χ3v) is 8.64. The van der Waals surface area contributed by atoms with Gasteiger partial charge < -0.3 is 15.4 Å². The number of imidazole rings is 1. The Balaban J connectivity index is 0.975. The SMILES string of the molecule is O=C(NC12CC(C1)C2)O[C@@H]1CC[C@H](c2cc(Nc3nccc4nc(CN5CC(C(F)(F)F)C5)cn34)n[nH]2)[C@H]1F. The van der Waals surface area contributed by atoms with Crippen LogP contribution in [0.25, 0.3) is 5.65 Å². The number of likely N-dealkylation sites (tertiary alicyclic amines) is 1. The summed E-state index contributed by atoms with van der Waals surface area (Å²) in [6.45, 7) is 0.235. The van der Waals surface area contributed by atoms with Gasteiger partial charge in [0.1, 0.15) is 17.9 Å². The second-order valence-electron chi connectivity index (χ2n) is 11.5. The molecule has 3 N–H and O–H groups in total. The fourth-order valence-electron chi connectivity index (χ4n) is 6.37. The molecule has 0 spiro atoms. The number of aromatic nitrogens is 5. The van der Waals surface area contributed by atoms with Gasteiger partial charge >= 0.3 is 12.3 Å². The number of halogens is 4. The highest BCUT2D eigenvalue weighted by Gasteiger charge is 2.58. The average molecular weight is 549 g/mol. The Morgan fingerprint density at radius 1 is 1.23 bits per heavy atom. The second kappa shape index (κ2) is 8.80. The van der Waals surface area contributed by atoms with E-state index in [0.29, 0.717) is 48.2 Å². The molecule has 1 saturated heterocycles. The summed E-state index contributed by atoms with van der Waals surface area (Å²) in [6.07, 6.45) is 0.334. The number of H-pyrrole nitrogens is 1. The van der Waals surface area contributed by atoms with Gasteiger partial charge in [0.2, 0.25) is 5.95 Å². The lowest BCUT2D eigenvalue weighted by Gasteiger charge is -2.61. The van der Waals surface area contributed by atoms with Crippen molar-refractivity contribution < 1.29 is 27.1 Å². The Labute approximate surface area is 220 Å². The summed E-state index contributed by atoms with van der Waals surface area (Å²) >= 11 is 0. The van der Waals surface area contributed by atoms with Crippen LogP contribution in [-0.4, -0.2) is 72.6 Å². The van der Waals surface area contributed by atoms with Crippen molar-refractivity contribution in [2.45, 2.75) is 68.6 Å². The standard InChI is InChI=1S/C25H28F4N8O2/c26-21-16(1-2-18(21)39-23(38)33-24-6-13(7-24)8-24)17-5-19(35-34-17)32-22-30-4-3-20-31-15(12-37(20)22)11-36-9-14(10-36)25(27,28)29/h3-5,12-14,16,18,21H,1-2,6-11H2,(H,33,38)(H2,30,32,34,35)/t13?,16-,18-,21-,24?/m1/s1. The van der Waals surface area contributed by atoms with Gasteiger partial charge in [-0.3, -0.25) is 14.4 Å². The van der Waals surface area contributed by atoms with Crippen LogP contribution in [0.2, 0.25) is 0 Å². The van der Waals surface area contributed by atoms with E-state index in [0.717, 1.165) is 25.2 Å². The monoisotopic (exact) mass is 548 g/mol. The van der Waals surface area contributed by atoms with Crippen LogP contribution < -0.4 is 10.6 Å². The molecule has 3 aromatic rings. The minimum Gasteiger partial charge on any atom is -0.443 e. The Morgan fingerprint density at radius 2 is 2.03 bits per heavy atom. The summed E-state index contributed by atoms with van der Waals surface area (Å²) in [5, 5.41) is 13.2. The zero-order valence-electron chi connectivity index (χ0n) is 20.9. The van der Waals surface area contributed by atoms with E-state index in [1.54, 1.807) is 33.8 Å². The Bertz CT molecular complexity index is 1380. The maximum absolute atomic E-state index is 15.2. The van der Waals surface area contributed by atoms with Crippen molar-refractivity contribution in [1.82, 2.24) is 34.8 Å². The van der Waals surface area contributed by atoms with Crippen molar-refractivity contribution in [2.75, 3.05) is 18.4 Å². The van der Waals surface area contributed by atoms with Crippen LogP contribution >= 0.6 is 0 Å². The number of aromatic amines is 1.